The van der Waals surface area contributed by atoms with E-state index in [1.165, 1.54) is 5.56 Å². The van der Waals surface area contributed by atoms with Gasteiger partial charge in [-0.3, -0.25) is 9.69 Å². The fraction of sp³-hybridized carbons (Fsp3) is 0.500. The first kappa shape index (κ1) is 12.1. The van der Waals surface area contributed by atoms with Gasteiger partial charge in [-0.05, 0) is 18.4 Å². The third-order valence-electron chi connectivity index (χ3n) is 3.91. The van der Waals surface area contributed by atoms with Crippen LogP contribution in [0.3, 0.4) is 0 Å². The molecule has 0 aliphatic carbocycles. The summed E-state index contributed by atoms with van der Waals surface area (Å²) in [6, 6.07) is 10.2. The SMILES string of the molecule is CC1CN(Cc2ccccc2)CC1(C)C(=O)O. The maximum atomic E-state index is 11.3. The van der Waals surface area contributed by atoms with Gasteiger partial charge in [0, 0.05) is 19.6 Å². The highest BCUT2D eigenvalue weighted by molar-refractivity contribution is 5.75. The van der Waals surface area contributed by atoms with E-state index in [9.17, 15) is 9.90 Å². The molecule has 0 saturated carbocycles. The number of nitrogens with zero attached hydrogens (tertiary/aromatic N) is 1. The van der Waals surface area contributed by atoms with Crippen molar-refractivity contribution in [2.45, 2.75) is 20.4 Å². The Morgan fingerprint density at radius 2 is 2.12 bits per heavy atom. The van der Waals surface area contributed by atoms with Crippen LogP contribution < -0.4 is 0 Å². The minimum Gasteiger partial charge on any atom is -0.481 e. The number of carboxylic acid groups (broad SMARTS) is 1. The molecule has 1 aliphatic heterocycles. The monoisotopic (exact) mass is 233 g/mol. The van der Waals surface area contributed by atoms with Gasteiger partial charge in [0.05, 0.1) is 5.41 Å². The third kappa shape index (κ3) is 2.34. The molecule has 1 heterocycles. The normalized spacial score (nSPS) is 29.4. The number of hydrogen-bond donors (Lipinski definition) is 1. The lowest BCUT2D eigenvalue weighted by Gasteiger charge is -2.22. The molecule has 0 bridgehead atoms. The standard InChI is InChI=1S/C14H19NO2/c1-11-8-15(10-14(11,2)13(16)17)9-12-6-4-3-5-7-12/h3-7,11H,8-10H2,1-2H3,(H,16,17). The highest BCUT2D eigenvalue weighted by atomic mass is 16.4. The van der Waals surface area contributed by atoms with E-state index in [4.69, 9.17) is 0 Å². The Bertz CT molecular complexity index is 404. The summed E-state index contributed by atoms with van der Waals surface area (Å²) in [4.78, 5) is 13.5. The lowest BCUT2D eigenvalue weighted by Crippen LogP contribution is -2.34. The summed E-state index contributed by atoms with van der Waals surface area (Å²) in [6.07, 6.45) is 0. The summed E-state index contributed by atoms with van der Waals surface area (Å²) in [5.74, 6) is -0.482. The number of rotatable bonds is 3. The third-order valence-corrected chi connectivity index (χ3v) is 3.91. The zero-order valence-corrected chi connectivity index (χ0v) is 10.4. The van der Waals surface area contributed by atoms with Crippen molar-refractivity contribution in [2.75, 3.05) is 13.1 Å². The lowest BCUT2D eigenvalue weighted by atomic mass is 9.81. The van der Waals surface area contributed by atoms with Crippen molar-refractivity contribution in [2.24, 2.45) is 11.3 Å². The van der Waals surface area contributed by atoms with Crippen molar-refractivity contribution >= 4 is 5.97 Å². The van der Waals surface area contributed by atoms with Crippen molar-refractivity contribution in [1.29, 1.82) is 0 Å². The Balaban J connectivity index is 2.05. The number of hydrogen-bond acceptors (Lipinski definition) is 2. The predicted molar refractivity (Wildman–Crippen MR) is 66.6 cm³/mol. The van der Waals surface area contributed by atoms with Crippen LogP contribution in [0.1, 0.15) is 19.4 Å². The number of carbonyl (C=O) groups is 1. The molecule has 17 heavy (non-hydrogen) atoms. The van der Waals surface area contributed by atoms with Crippen LogP contribution in [0, 0.1) is 11.3 Å². The first-order valence-corrected chi connectivity index (χ1v) is 6.02. The molecular formula is C14H19NO2. The van der Waals surface area contributed by atoms with E-state index in [-0.39, 0.29) is 5.92 Å². The van der Waals surface area contributed by atoms with Crippen molar-refractivity contribution in [1.82, 2.24) is 4.90 Å². The zero-order chi connectivity index (χ0) is 12.5. The summed E-state index contributed by atoms with van der Waals surface area (Å²) < 4.78 is 0. The van der Waals surface area contributed by atoms with Gasteiger partial charge in [-0.1, -0.05) is 37.3 Å². The van der Waals surface area contributed by atoms with Crippen LogP contribution in [0.2, 0.25) is 0 Å². The predicted octanol–water partition coefficient (Wildman–Crippen LogP) is 2.23. The molecule has 0 spiro atoms. The second kappa shape index (κ2) is 4.49. The van der Waals surface area contributed by atoms with Gasteiger partial charge in [-0.2, -0.15) is 0 Å². The summed E-state index contributed by atoms with van der Waals surface area (Å²) in [6.45, 7) is 6.22. The maximum Gasteiger partial charge on any atom is 0.310 e. The van der Waals surface area contributed by atoms with Crippen LogP contribution in [-0.2, 0) is 11.3 Å². The molecule has 1 aromatic rings. The van der Waals surface area contributed by atoms with Crippen LogP contribution >= 0.6 is 0 Å². The van der Waals surface area contributed by atoms with E-state index in [2.05, 4.69) is 17.0 Å². The molecule has 1 fully saturated rings. The number of benzene rings is 1. The molecule has 0 amide bonds. The summed E-state index contributed by atoms with van der Waals surface area (Å²) in [5.41, 5.74) is 0.642. The van der Waals surface area contributed by atoms with Crippen LogP contribution in [0.5, 0.6) is 0 Å². The minimum atomic E-state index is -0.680. The fourth-order valence-corrected chi connectivity index (χ4v) is 2.51. The Kier molecular flexibility index (Phi) is 3.20. The number of aliphatic carboxylic acids is 1. The summed E-state index contributed by atoms with van der Waals surface area (Å²) in [7, 11) is 0. The van der Waals surface area contributed by atoms with Gasteiger partial charge in [0.25, 0.3) is 0 Å². The molecule has 2 atom stereocenters. The van der Waals surface area contributed by atoms with E-state index in [0.717, 1.165) is 13.1 Å². The van der Waals surface area contributed by atoms with Gasteiger partial charge < -0.3 is 5.11 Å². The second-order valence-corrected chi connectivity index (χ2v) is 5.28. The van der Waals surface area contributed by atoms with Crippen LogP contribution in [0.25, 0.3) is 0 Å². The first-order chi connectivity index (χ1) is 8.02. The quantitative estimate of drug-likeness (QED) is 0.870. The van der Waals surface area contributed by atoms with E-state index in [1.807, 2.05) is 32.0 Å². The zero-order valence-electron chi connectivity index (χ0n) is 10.4. The van der Waals surface area contributed by atoms with E-state index < -0.39 is 11.4 Å². The smallest absolute Gasteiger partial charge is 0.310 e. The van der Waals surface area contributed by atoms with Gasteiger partial charge in [0.15, 0.2) is 0 Å². The largest absolute Gasteiger partial charge is 0.481 e. The van der Waals surface area contributed by atoms with Gasteiger partial charge in [0.2, 0.25) is 0 Å². The van der Waals surface area contributed by atoms with E-state index >= 15 is 0 Å². The van der Waals surface area contributed by atoms with Gasteiger partial charge in [-0.25, -0.2) is 0 Å². The fourth-order valence-electron chi connectivity index (χ4n) is 2.51. The summed E-state index contributed by atoms with van der Waals surface area (Å²) >= 11 is 0. The molecule has 1 aliphatic rings. The van der Waals surface area contributed by atoms with Gasteiger partial charge >= 0.3 is 5.97 Å². The number of likely N-dealkylation sites (tertiary alicyclic amines) is 1. The average molecular weight is 233 g/mol. The van der Waals surface area contributed by atoms with Crippen LogP contribution in [0.4, 0.5) is 0 Å². The number of carboxylic acids is 1. The van der Waals surface area contributed by atoms with Gasteiger partial charge in [-0.15, -0.1) is 0 Å². The Morgan fingerprint density at radius 1 is 1.47 bits per heavy atom. The minimum absolute atomic E-state index is 0.198. The Hall–Kier alpha value is -1.35. The summed E-state index contributed by atoms with van der Waals surface area (Å²) in [5, 5.41) is 9.30. The molecule has 92 valence electrons. The van der Waals surface area contributed by atoms with Crippen LogP contribution in [0.15, 0.2) is 30.3 Å². The van der Waals surface area contributed by atoms with Crippen molar-refractivity contribution in [3.63, 3.8) is 0 Å². The molecule has 1 N–H and O–H groups in total. The van der Waals surface area contributed by atoms with E-state index in [1.54, 1.807) is 0 Å². The molecule has 2 unspecified atom stereocenters. The molecule has 1 aromatic carbocycles. The average Bonchev–Trinajstić information content (AvgIpc) is 2.57. The maximum absolute atomic E-state index is 11.3. The lowest BCUT2D eigenvalue weighted by molar-refractivity contribution is -0.149. The second-order valence-electron chi connectivity index (χ2n) is 5.28. The Labute approximate surface area is 102 Å². The molecule has 0 aromatic heterocycles. The topological polar surface area (TPSA) is 40.5 Å². The first-order valence-electron chi connectivity index (χ1n) is 6.02. The molecule has 3 heteroatoms. The Morgan fingerprint density at radius 3 is 2.65 bits per heavy atom. The van der Waals surface area contributed by atoms with Crippen LogP contribution in [-0.4, -0.2) is 29.1 Å². The van der Waals surface area contributed by atoms with Gasteiger partial charge in [0.1, 0.15) is 0 Å². The highest BCUT2D eigenvalue weighted by Gasteiger charge is 2.46. The van der Waals surface area contributed by atoms with Crippen molar-refractivity contribution < 1.29 is 9.90 Å². The molecular weight excluding hydrogens is 214 g/mol. The van der Waals surface area contributed by atoms with E-state index in [0.29, 0.717) is 6.54 Å². The van der Waals surface area contributed by atoms with Crippen molar-refractivity contribution in [3.05, 3.63) is 35.9 Å². The molecule has 3 nitrogen and oxygen atoms in total. The highest BCUT2D eigenvalue weighted by Crippen LogP contribution is 2.36. The molecule has 1 saturated heterocycles. The molecule has 2 rings (SSSR count). The van der Waals surface area contributed by atoms with Crippen molar-refractivity contribution in [3.8, 4) is 0 Å². The molecule has 0 radical (unpaired) electrons.